The van der Waals surface area contributed by atoms with E-state index in [0.717, 1.165) is 16.5 Å². The van der Waals surface area contributed by atoms with Crippen molar-refractivity contribution in [1.82, 2.24) is 19.7 Å². The van der Waals surface area contributed by atoms with Crippen LogP contribution in [0.5, 0.6) is 5.75 Å². The fourth-order valence-electron chi connectivity index (χ4n) is 3.88. The van der Waals surface area contributed by atoms with E-state index in [9.17, 15) is 4.79 Å². The van der Waals surface area contributed by atoms with Crippen molar-refractivity contribution in [3.63, 3.8) is 0 Å². The number of carbonyl (C=O) groups excluding carboxylic acids is 1. The zero-order chi connectivity index (χ0) is 22.2. The molecule has 1 amide bonds. The van der Waals surface area contributed by atoms with E-state index in [1.807, 2.05) is 41.8 Å². The zero-order valence-electron chi connectivity index (χ0n) is 18.4. The van der Waals surface area contributed by atoms with Gasteiger partial charge >= 0.3 is 0 Å². The smallest absolute Gasteiger partial charge is 0.236 e. The predicted octanol–water partition coefficient (Wildman–Crippen LogP) is 4.72. The summed E-state index contributed by atoms with van der Waals surface area (Å²) in [6, 6.07) is 13.8. The van der Waals surface area contributed by atoms with Crippen LogP contribution < -0.4 is 10.1 Å². The average molecular weight is 452 g/mol. The van der Waals surface area contributed by atoms with Crippen molar-refractivity contribution < 1.29 is 9.53 Å². The number of amides is 1. The molecule has 2 aromatic heterocycles. The molecule has 2 heterocycles. The van der Waals surface area contributed by atoms with Crippen molar-refractivity contribution >= 4 is 23.5 Å². The maximum Gasteiger partial charge on any atom is 0.236 e. The molecule has 0 atom stereocenters. The first-order valence-electron chi connectivity index (χ1n) is 11.1. The number of aryl methyl sites for hydroxylation is 1. The van der Waals surface area contributed by atoms with E-state index in [1.54, 1.807) is 6.20 Å². The molecular formula is C24H29N5O2S. The van der Waals surface area contributed by atoms with Gasteiger partial charge in [-0.2, -0.15) is 0 Å². The highest BCUT2D eigenvalue weighted by atomic mass is 32.2. The fraction of sp³-hybridized carbons (Fsp3) is 0.417. The minimum atomic E-state index is -0.150. The van der Waals surface area contributed by atoms with Gasteiger partial charge in [-0.1, -0.05) is 61.4 Å². The summed E-state index contributed by atoms with van der Waals surface area (Å²) in [6.07, 6.45) is 7.95. The standard InChI is InChI=1S/C24H29N5O2S/c1-18-27-28-24(29(18)15-19-9-4-2-5-10-19)32-17-22(30)26-23-21(13-8-14-25-23)31-16-20-11-6-3-7-12-20/h2,4-5,8-10,13-14,20H,3,6-7,11-12,15-17H2,1H3,(H,25,26,30). The number of anilines is 1. The van der Waals surface area contributed by atoms with Gasteiger partial charge in [0.05, 0.1) is 18.9 Å². The molecule has 8 heteroatoms. The van der Waals surface area contributed by atoms with Crippen LogP contribution in [-0.2, 0) is 11.3 Å². The van der Waals surface area contributed by atoms with Crippen LogP contribution in [0.4, 0.5) is 5.82 Å². The van der Waals surface area contributed by atoms with E-state index >= 15 is 0 Å². The minimum Gasteiger partial charge on any atom is -0.489 e. The Hall–Kier alpha value is -2.87. The number of nitrogens with zero attached hydrogens (tertiary/aromatic N) is 4. The second kappa shape index (κ2) is 11.1. The number of benzene rings is 1. The van der Waals surface area contributed by atoms with Crippen molar-refractivity contribution in [1.29, 1.82) is 0 Å². The van der Waals surface area contributed by atoms with E-state index < -0.39 is 0 Å². The van der Waals surface area contributed by atoms with Gasteiger partial charge in [-0.15, -0.1) is 10.2 Å². The monoisotopic (exact) mass is 451 g/mol. The first-order chi connectivity index (χ1) is 15.7. The van der Waals surface area contributed by atoms with Gasteiger partial charge in [-0.3, -0.25) is 4.79 Å². The molecule has 0 spiro atoms. The first-order valence-corrected chi connectivity index (χ1v) is 12.1. The number of aromatic nitrogens is 4. The van der Waals surface area contributed by atoms with E-state index in [1.165, 1.54) is 43.9 Å². The maximum absolute atomic E-state index is 12.6. The third-order valence-corrected chi connectivity index (χ3v) is 6.61. The topological polar surface area (TPSA) is 81.9 Å². The molecule has 0 radical (unpaired) electrons. The molecule has 4 rings (SSSR count). The molecule has 7 nitrogen and oxygen atoms in total. The molecular weight excluding hydrogens is 422 g/mol. The van der Waals surface area contributed by atoms with Crippen molar-refractivity contribution in [3.05, 3.63) is 60.0 Å². The highest BCUT2D eigenvalue weighted by molar-refractivity contribution is 7.99. The number of carbonyl (C=O) groups is 1. The summed E-state index contributed by atoms with van der Waals surface area (Å²) in [5.41, 5.74) is 1.16. The Bertz CT molecular complexity index is 1020. The third-order valence-electron chi connectivity index (χ3n) is 5.65. The predicted molar refractivity (Wildman–Crippen MR) is 126 cm³/mol. The van der Waals surface area contributed by atoms with Crippen molar-refractivity contribution in [2.24, 2.45) is 5.92 Å². The van der Waals surface area contributed by atoms with E-state index in [4.69, 9.17) is 4.74 Å². The molecule has 0 saturated heterocycles. The zero-order valence-corrected chi connectivity index (χ0v) is 19.2. The molecule has 1 aliphatic carbocycles. The Balaban J connectivity index is 1.33. The van der Waals surface area contributed by atoms with E-state index in [2.05, 4.69) is 32.6 Å². The van der Waals surface area contributed by atoms with Crippen LogP contribution in [-0.4, -0.2) is 38.0 Å². The molecule has 1 aromatic carbocycles. The van der Waals surface area contributed by atoms with Crippen molar-refractivity contribution in [2.45, 2.75) is 50.7 Å². The summed E-state index contributed by atoms with van der Waals surface area (Å²) in [6.45, 7) is 3.26. The summed E-state index contributed by atoms with van der Waals surface area (Å²) in [5, 5.41) is 12.0. The third kappa shape index (κ3) is 6.09. The summed E-state index contributed by atoms with van der Waals surface area (Å²) in [4.78, 5) is 17.0. The molecule has 1 saturated carbocycles. The van der Waals surface area contributed by atoms with Crippen LogP contribution in [0.3, 0.4) is 0 Å². The molecule has 32 heavy (non-hydrogen) atoms. The highest BCUT2D eigenvalue weighted by Crippen LogP contribution is 2.27. The number of thioether (sulfide) groups is 1. The van der Waals surface area contributed by atoms with Gasteiger partial charge in [0.2, 0.25) is 5.91 Å². The molecule has 168 valence electrons. The summed E-state index contributed by atoms with van der Waals surface area (Å²) >= 11 is 1.37. The van der Waals surface area contributed by atoms with Crippen molar-refractivity contribution in [2.75, 3.05) is 17.7 Å². The quantitative estimate of drug-likeness (QED) is 0.474. The molecule has 0 bridgehead atoms. The van der Waals surface area contributed by atoms with Gasteiger partial charge in [-0.05, 0) is 43.4 Å². The summed E-state index contributed by atoms with van der Waals surface area (Å²) in [7, 11) is 0. The number of hydrogen-bond acceptors (Lipinski definition) is 6. The lowest BCUT2D eigenvalue weighted by atomic mass is 9.90. The second-order valence-corrected chi connectivity index (χ2v) is 9.05. The van der Waals surface area contributed by atoms with E-state index in [-0.39, 0.29) is 11.7 Å². The first kappa shape index (κ1) is 22.3. The number of pyridine rings is 1. The number of ether oxygens (including phenoxy) is 1. The van der Waals surface area contributed by atoms with Gasteiger partial charge < -0.3 is 14.6 Å². The van der Waals surface area contributed by atoms with Crippen LogP contribution in [0.25, 0.3) is 0 Å². The van der Waals surface area contributed by atoms with Gasteiger partial charge in [0.25, 0.3) is 0 Å². The van der Waals surface area contributed by atoms with Crippen LogP contribution in [0.2, 0.25) is 0 Å². The van der Waals surface area contributed by atoms with Crippen LogP contribution in [0, 0.1) is 12.8 Å². The fourth-order valence-corrected chi connectivity index (χ4v) is 4.66. The van der Waals surface area contributed by atoms with E-state index in [0.29, 0.717) is 30.6 Å². The van der Waals surface area contributed by atoms with Gasteiger partial charge in [0.15, 0.2) is 16.7 Å². The molecule has 1 fully saturated rings. The molecule has 1 N–H and O–H groups in total. The SMILES string of the molecule is Cc1nnc(SCC(=O)Nc2ncccc2OCC2CCCCC2)n1Cc1ccccc1. The Morgan fingerprint density at radius 1 is 1.12 bits per heavy atom. The van der Waals surface area contributed by atoms with Crippen LogP contribution in [0.1, 0.15) is 43.5 Å². The van der Waals surface area contributed by atoms with Gasteiger partial charge in [0.1, 0.15) is 5.82 Å². The normalized spacial score (nSPS) is 14.3. The molecule has 3 aromatic rings. The Morgan fingerprint density at radius 3 is 2.75 bits per heavy atom. The molecule has 0 unspecified atom stereocenters. The number of rotatable bonds is 9. The Kier molecular flexibility index (Phi) is 7.77. The lowest BCUT2D eigenvalue weighted by Gasteiger charge is -2.22. The highest BCUT2D eigenvalue weighted by Gasteiger charge is 2.17. The summed E-state index contributed by atoms with van der Waals surface area (Å²) in [5.74, 6) is 2.56. The van der Waals surface area contributed by atoms with Crippen LogP contribution in [0.15, 0.2) is 53.8 Å². The molecule has 0 aliphatic heterocycles. The average Bonchev–Trinajstić information content (AvgIpc) is 3.17. The lowest BCUT2D eigenvalue weighted by molar-refractivity contribution is -0.113. The van der Waals surface area contributed by atoms with Gasteiger partial charge in [0, 0.05) is 6.20 Å². The minimum absolute atomic E-state index is 0.150. The number of nitrogens with one attached hydrogen (secondary N) is 1. The largest absolute Gasteiger partial charge is 0.489 e. The van der Waals surface area contributed by atoms with Gasteiger partial charge in [-0.25, -0.2) is 4.98 Å². The summed E-state index contributed by atoms with van der Waals surface area (Å²) < 4.78 is 8.04. The van der Waals surface area contributed by atoms with Crippen LogP contribution >= 0.6 is 11.8 Å². The Morgan fingerprint density at radius 2 is 1.94 bits per heavy atom. The van der Waals surface area contributed by atoms with Crippen molar-refractivity contribution in [3.8, 4) is 5.75 Å². The molecule has 1 aliphatic rings. The Labute approximate surface area is 193 Å². The second-order valence-electron chi connectivity index (χ2n) is 8.10. The number of hydrogen-bond donors (Lipinski definition) is 1. The maximum atomic E-state index is 12.6. The lowest BCUT2D eigenvalue weighted by Crippen LogP contribution is -2.19.